The van der Waals surface area contributed by atoms with E-state index in [2.05, 4.69) is 15.7 Å². The first-order valence-electron chi connectivity index (χ1n) is 8.84. The second-order valence-electron chi connectivity index (χ2n) is 6.67. The molecular weight excluding hydrogens is 330 g/mol. The number of amides is 2. The molecule has 1 aliphatic rings. The number of piperidine rings is 1. The summed E-state index contributed by atoms with van der Waals surface area (Å²) in [4.78, 5) is 27.0. The number of likely N-dealkylation sites (tertiary alicyclic amines) is 1. The van der Waals surface area contributed by atoms with Gasteiger partial charge in [-0.25, -0.2) is 0 Å². The first-order chi connectivity index (χ1) is 12.5. The minimum Gasteiger partial charge on any atom is -0.357 e. The molecule has 1 saturated heterocycles. The van der Waals surface area contributed by atoms with Gasteiger partial charge in [-0.1, -0.05) is 30.3 Å². The van der Waals surface area contributed by atoms with Crippen molar-refractivity contribution in [1.82, 2.24) is 20.0 Å². The van der Waals surface area contributed by atoms with E-state index in [-0.39, 0.29) is 11.8 Å². The van der Waals surface area contributed by atoms with Gasteiger partial charge in [-0.15, -0.1) is 0 Å². The third-order valence-corrected chi connectivity index (χ3v) is 5.02. The molecule has 0 atom stereocenters. The van der Waals surface area contributed by atoms with Crippen LogP contribution in [0.15, 0.2) is 42.6 Å². The van der Waals surface area contributed by atoms with Gasteiger partial charge in [0.2, 0.25) is 11.8 Å². The number of nitrogens with zero attached hydrogens (tertiary/aromatic N) is 3. The molecular formula is C19H25N5O2. The van der Waals surface area contributed by atoms with Crippen LogP contribution in [0.3, 0.4) is 0 Å². The molecule has 0 aliphatic carbocycles. The molecule has 138 valence electrons. The van der Waals surface area contributed by atoms with E-state index in [0.29, 0.717) is 32.4 Å². The predicted octanol–water partition coefficient (Wildman–Crippen LogP) is 1.18. The van der Waals surface area contributed by atoms with Crippen molar-refractivity contribution < 1.29 is 9.59 Å². The lowest BCUT2D eigenvalue weighted by molar-refractivity contribution is -0.135. The lowest BCUT2D eigenvalue weighted by atomic mass is 9.86. The normalized spacial score (nSPS) is 16.2. The molecule has 0 spiro atoms. The third kappa shape index (κ3) is 3.71. The van der Waals surface area contributed by atoms with Crippen LogP contribution in [0.4, 0.5) is 5.82 Å². The number of aryl methyl sites for hydroxylation is 1. The van der Waals surface area contributed by atoms with E-state index in [0.717, 1.165) is 11.4 Å². The Bertz CT molecular complexity index is 763. The largest absolute Gasteiger partial charge is 0.357 e. The lowest BCUT2D eigenvalue weighted by Crippen LogP contribution is -2.58. The fraction of sp³-hybridized carbons (Fsp3) is 0.421. The molecule has 0 unspecified atom stereocenters. The zero-order valence-electron chi connectivity index (χ0n) is 15.2. The first kappa shape index (κ1) is 18.0. The summed E-state index contributed by atoms with van der Waals surface area (Å²) in [5.41, 5.74) is 0.278. The van der Waals surface area contributed by atoms with Gasteiger partial charge in [0.1, 0.15) is 11.4 Å². The third-order valence-electron chi connectivity index (χ3n) is 5.02. The Labute approximate surface area is 153 Å². The summed E-state index contributed by atoms with van der Waals surface area (Å²) in [6, 6.07) is 11.6. The molecule has 0 bridgehead atoms. The summed E-state index contributed by atoms with van der Waals surface area (Å²) in [6.07, 6.45) is 3.19. The molecule has 0 saturated carbocycles. The molecule has 7 nitrogen and oxygen atoms in total. The monoisotopic (exact) mass is 355 g/mol. The number of hydrogen-bond donors (Lipinski definition) is 2. The molecule has 0 radical (unpaired) electrons. The average molecular weight is 355 g/mol. The van der Waals surface area contributed by atoms with E-state index >= 15 is 0 Å². The highest BCUT2D eigenvalue weighted by Crippen LogP contribution is 2.27. The number of hydrogen-bond acceptors (Lipinski definition) is 4. The van der Waals surface area contributed by atoms with Crippen LogP contribution in [0, 0.1) is 0 Å². The van der Waals surface area contributed by atoms with E-state index in [9.17, 15) is 9.59 Å². The molecule has 2 amide bonds. The van der Waals surface area contributed by atoms with E-state index < -0.39 is 5.54 Å². The van der Waals surface area contributed by atoms with Crippen molar-refractivity contribution in [1.29, 1.82) is 0 Å². The van der Waals surface area contributed by atoms with E-state index in [1.807, 2.05) is 48.3 Å². The van der Waals surface area contributed by atoms with Crippen molar-refractivity contribution in [2.75, 3.05) is 25.5 Å². The van der Waals surface area contributed by atoms with Gasteiger partial charge in [-0.2, -0.15) is 5.10 Å². The Morgan fingerprint density at radius 1 is 1.15 bits per heavy atom. The van der Waals surface area contributed by atoms with Crippen molar-refractivity contribution in [3.05, 3.63) is 48.2 Å². The minimum absolute atomic E-state index is 0.0612. The number of anilines is 1. The Morgan fingerprint density at radius 3 is 2.42 bits per heavy atom. The van der Waals surface area contributed by atoms with Crippen LogP contribution in [-0.2, 0) is 23.1 Å². The second kappa shape index (κ2) is 7.59. The van der Waals surface area contributed by atoms with Crippen LogP contribution in [-0.4, -0.2) is 52.2 Å². The molecule has 2 heterocycles. The van der Waals surface area contributed by atoms with Gasteiger partial charge in [-0.05, 0) is 18.4 Å². The number of aromatic nitrogens is 2. The maximum atomic E-state index is 12.6. The van der Waals surface area contributed by atoms with Crippen LogP contribution in [0.2, 0.25) is 0 Å². The molecule has 1 aromatic carbocycles. The quantitative estimate of drug-likeness (QED) is 0.844. The molecule has 1 aliphatic heterocycles. The zero-order valence-corrected chi connectivity index (χ0v) is 15.2. The first-order valence-corrected chi connectivity index (χ1v) is 8.84. The number of nitrogens with one attached hydrogen (secondary N) is 2. The topological polar surface area (TPSA) is 79.3 Å². The van der Waals surface area contributed by atoms with E-state index in [1.54, 1.807) is 17.9 Å². The van der Waals surface area contributed by atoms with Gasteiger partial charge in [-0.3, -0.25) is 14.3 Å². The maximum Gasteiger partial charge on any atom is 0.245 e. The molecule has 2 N–H and O–H groups in total. The van der Waals surface area contributed by atoms with Crippen LogP contribution in [0.1, 0.15) is 18.4 Å². The van der Waals surface area contributed by atoms with Gasteiger partial charge in [0.05, 0.1) is 12.6 Å². The zero-order chi connectivity index (χ0) is 18.6. The molecule has 1 aromatic heterocycles. The summed E-state index contributed by atoms with van der Waals surface area (Å²) < 4.78 is 1.71. The molecule has 7 heteroatoms. The smallest absolute Gasteiger partial charge is 0.245 e. The van der Waals surface area contributed by atoms with Crippen molar-refractivity contribution in [3.63, 3.8) is 0 Å². The maximum absolute atomic E-state index is 12.6. The van der Waals surface area contributed by atoms with Crippen molar-refractivity contribution in [2.24, 2.45) is 7.05 Å². The summed E-state index contributed by atoms with van der Waals surface area (Å²) in [6.45, 7) is 1.09. The molecule has 1 fully saturated rings. The summed E-state index contributed by atoms with van der Waals surface area (Å²) in [5, 5.41) is 10.3. The summed E-state index contributed by atoms with van der Waals surface area (Å²) in [7, 11) is 3.47. The van der Waals surface area contributed by atoms with Crippen LogP contribution >= 0.6 is 0 Å². The van der Waals surface area contributed by atoms with Gasteiger partial charge >= 0.3 is 0 Å². The SMILES string of the molecule is CNC(=O)C1(Nc2ccnn2C)CCN(C(=O)Cc2ccccc2)CC1. The molecule has 26 heavy (non-hydrogen) atoms. The highest BCUT2D eigenvalue weighted by molar-refractivity contribution is 5.89. The molecule has 3 rings (SSSR count). The van der Waals surface area contributed by atoms with Crippen molar-refractivity contribution in [2.45, 2.75) is 24.8 Å². The standard InChI is InChI=1S/C19H25N5O2/c1-20-18(26)19(22-16-8-11-21-23(16)2)9-12-24(13-10-19)17(25)14-15-6-4-3-5-7-15/h3-8,11,22H,9-10,12-14H2,1-2H3,(H,20,26). The number of likely N-dealkylation sites (N-methyl/N-ethyl adjacent to an activating group) is 1. The minimum atomic E-state index is -0.730. The summed E-state index contributed by atoms with van der Waals surface area (Å²) in [5.74, 6) is 0.828. The summed E-state index contributed by atoms with van der Waals surface area (Å²) >= 11 is 0. The van der Waals surface area contributed by atoms with E-state index in [1.165, 1.54) is 0 Å². The predicted molar refractivity (Wildman–Crippen MR) is 99.6 cm³/mol. The average Bonchev–Trinajstić information content (AvgIpc) is 3.06. The fourth-order valence-corrected chi connectivity index (χ4v) is 3.41. The highest BCUT2D eigenvalue weighted by atomic mass is 16.2. The number of rotatable bonds is 5. The van der Waals surface area contributed by atoms with Gasteiger partial charge in [0.15, 0.2) is 0 Å². The Balaban J connectivity index is 1.67. The Morgan fingerprint density at radius 2 is 1.85 bits per heavy atom. The van der Waals surface area contributed by atoms with Crippen molar-refractivity contribution >= 4 is 17.6 Å². The van der Waals surface area contributed by atoms with Gasteiger partial charge in [0.25, 0.3) is 0 Å². The van der Waals surface area contributed by atoms with Gasteiger partial charge < -0.3 is 15.5 Å². The van der Waals surface area contributed by atoms with Gasteiger partial charge in [0, 0.05) is 33.3 Å². The number of carbonyl (C=O) groups excluding carboxylic acids is 2. The number of benzene rings is 1. The second-order valence-corrected chi connectivity index (χ2v) is 6.67. The fourth-order valence-electron chi connectivity index (χ4n) is 3.41. The van der Waals surface area contributed by atoms with Crippen LogP contribution in [0.5, 0.6) is 0 Å². The van der Waals surface area contributed by atoms with Crippen molar-refractivity contribution in [3.8, 4) is 0 Å². The Hall–Kier alpha value is -2.83. The lowest BCUT2D eigenvalue weighted by Gasteiger charge is -2.41. The highest BCUT2D eigenvalue weighted by Gasteiger charge is 2.42. The molecule has 2 aromatic rings. The van der Waals surface area contributed by atoms with Crippen LogP contribution < -0.4 is 10.6 Å². The van der Waals surface area contributed by atoms with Crippen LogP contribution in [0.25, 0.3) is 0 Å². The van der Waals surface area contributed by atoms with E-state index in [4.69, 9.17) is 0 Å². The number of carbonyl (C=O) groups is 2. The Kier molecular flexibility index (Phi) is 5.25.